The summed E-state index contributed by atoms with van der Waals surface area (Å²) in [6.45, 7) is 9.50. The molecule has 0 fully saturated rings. The smallest absolute Gasteiger partial charge is 0.0325 e. The third-order valence-electron chi connectivity index (χ3n) is 6.37. The van der Waals surface area contributed by atoms with Gasteiger partial charge in [0.15, 0.2) is 0 Å². The standard InChI is InChI=1S/C28H56/c1-5-7-9-11-13-16-20-25-28(4)26-22-18-15-12-14-17-21-24-27(3)23-19-10-8-6-2/h18,22,27-28H,5-17,19-21,23-26H2,1-4H3. The zero-order valence-electron chi connectivity index (χ0n) is 20.5. The molecule has 0 spiro atoms. The summed E-state index contributed by atoms with van der Waals surface area (Å²) in [6.07, 6.45) is 33.3. The Kier molecular flexibility index (Phi) is 22.8. The van der Waals surface area contributed by atoms with Gasteiger partial charge in [-0.05, 0) is 31.1 Å². The van der Waals surface area contributed by atoms with E-state index in [0.717, 1.165) is 11.8 Å². The van der Waals surface area contributed by atoms with E-state index in [9.17, 15) is 0 Å². The van der Waals surface area contributed by atoms with Crippen LogP contribution < -0.4 is 0 Å². The van der Waals surface area contributed by atoms with E-state index in [-0.39, 0.29) is 0 Å². The van der Waals surface area contributed by atoms with Crippen molar-refractivity contribution in [3.8, 4) is 0 Å². The van der Waals surface area contributed by atoms with Crippen molar-refractivity contribution in [2.24, 2.45) is 11.8 Å². The summed E-state index contributed by atoms with van der Waals surface area (Å²) in [5.41, 5.74) is 0. The van der Waals surface area contributed by atoms with Crippen LogP contribution >= 0.6 is 0 Å². The molecule has 0 nitrogen and oxygen atoms in total. The van der Waals surface area contributed by atoms with Crippen molar-refractivity contribution in [2.45, 2.75) is 156 Å². The largest absolute Gasteiger partial charge is 0.0885 e. The molecular weight excluding hydrogens is 336 g/mol. The summed E-state index contributed by atoms with van der Waals surface area (Å²) in [5, 5.41) is 0. The van der Waals surface area contributed by atoms with E-state index in [1.54, 1.807) is 0 Å². The Morgan fingerprint density at radius 1 is 0.464 bits per heavy atom. The van der Waals surface area contributed by atoms with Crippen LogP contribution in [0.1, 0.15) is 156 Å². The van der Waals surface area contributed by atoms with Gasteiger partial charge in [0, 0.05) is 0 Å². The first-order valence-electron chi connectivity index (χ1n) is 13.4. The molecule has 0 aromatic rings. The molecule has 0 radical (unpaired) electrons. The predicted molar refractivity (Wildman–Crippen MR) is 131 cm³/mol. The first-order chi connectivity index (χ1) is 13.7. The summed E-state index contributed by atoms with van der Waals surface area (Å²) in [7, 11) is 0. The number of hydrogen-bond donors (Lipinski definition) is 0. The second-order valence-corrected chi connectivity index (χ2v) is 9.67. The lowest BCUT2D eigenvalue weighted by Crippen LogP contribution is -1.95. The molecule has 2 atom stereocenters. The van der Waals surface area contributed by atoms with Gasteiger partial charge >= 0.3 is 0 Å². The average molecular weight is 393 g/mol. The van der Waals surface area contributed by atoms with Crippen LogP contribution in [0.2, 0.25) is 0 Å². The van der Waals surface area contributed by atoms with Crippen molar-refractivity contribution in [1.29, 1.82) is 0 Å². The lowest BCUT2D eigenvalue weighted by molar-refractivity contribution is 0.435. The van der Waals surface area contributed by atoms with Crippen molar-refractivity contribution in [3.05, 3.63) is 12.2 Å². The van der Waals surface area contributed by atoms with Crippen LogP contribution in [0.25, 0.3) is 0 Å². The molecule has 0 bridgehead atoms. The van der Waals surface area contributed by atoms with Crippen LogP contribution in [0.4, 0.5) is 0 Å². The van der Waals surface area contributed by atoms with Crippen molar-refractivity contribution in [2.75, 3.05) is 0 Å². The van der Waals surface area contributed by atoms with Gasteiger partial charge in [0.25, 0.3) is 0 Å². The van der Waals surface area contributed by atoms with E-state index in [1.807, 2.05) is 0 Å². The molecule has 0 amide bonds. The van der Waals surface area contributed by atoms with Crippen molar-refractivity contribution in [3.63, 3.8) is 0 Å². The molecular formula is C28H56. The third-order valence-corrected chi connectivity index (χ3v) is 6.37. The maximum Gasteiger partial charge on any atom is -0.0325 e. The van der Waals surface area contributed by atoms with Gasteiger partial charge in [0.2, 0.25) is 0 Å². The summed E-state index contributed by atoms with van der Waals surface area (Å²) in [4.78, 5) is 0. The zero-order valence-corrected chi connectivity index (χ0v) is 20.5. The first-order valence-corrected chi connectivity index (χ1v) is 13.4. The molecule has 0 aliphatic rings. The minimum absolute atomic E-state index is 0.880. The molecule has 0 heterocycles. The fourth-order valence-electron chi connectivity index (χ4n) is 4.19. The summed E-state index contributed by atoms with van der Waals surface area (Å²) in [5.74, 6) is 1.83. The van der Waals surface area contributed by atoms with E-state index in [4.69, 9.17) is 0 Å². The van der Waals surface area contributed by atoms with E-state index >= 15 is 0 Å². The Morgan fingerprint density at radius 3 is 1.46 bits per heavy atom. The molecule has 2 unspecified atom stereocenters. The number of rotatable bonds is 22. The van der Waals surface area contributed by atoms with E-state index < -0.39 is 0 Å². The molecule has 168 valence electrons. The quantitative estimate of drug-likeness (QED) is 0.127. The number of unbranched alkanes of at least 4 members (excludes halogenated alkanes) is 13. The normalized spacial score (nSPS) is 14.0. The average Bonchev–Trinajstić information content (AvgIpc) is 2.69. The Morgan fingerprint density at radius 2 is 0.893 bits per heavy atom. The maximum atomic E-state index is 2.46. The zero-order chi connectivity index (χ0) is 20.7. The topological polar surface area (TPSA) is 0 Å². The summed E-state index contributed by atoms with van der Waals surface area (Å²) < 4.78 is 0. The fourth-order valence-corrected chi connectivity index (χ4v) is 4.19. The molecule has 0 aromatic carbocycles. The monoisotopic (exact) mass is 392 g/mol. The second kappa shape index (κ2) is 23.0. The summed E-state index contributed by atoms with van der Waals surface area (Å²) >= 11 is 0. The highest BCUT2D eigenvalue weighted by atomic mass is 14.1. The minimum atomic E-state index is 0.880. The highest BCUT2D eigenvalue weighted by Gasteiger charge is 2.02. The van der Waals surface area contributed by atoms with Crippen molar-refractivity contribution >= 4 is 0 Å². The van der Waals surface area contributed by atoms with E-state index in [0.29, 0.717) is 0 Å². The van der Waals surface area contributed by atoms with Gasteiger partial charge in [-0.2, -0.15) is 0 Å². The molecule has 28 heavy (non-hydrogen) atoms. The molecule has 0 rings (SSSR count). The fraction of sp³-hybridized carbons (Fsp3) is 0.929. The van der Waals surface area contributed by atoms with Gasteiger partial charge in [-0.25, -0.2) is 0 Å². The van der Waals surface area contributed by atoms with Crippen molar-refractivity contribution < 1.29 is 0 Å². The molecule has 0 aliphatic heterocycles. The van der Waals surface area contributed by atoms with Gasteiger partial charge in [-0.15, -0.1) is 0 Å². The minimum Gasteiger partial charge on any atom is -0.0885 e. The lowest BCUT2D eigenvalue weighted by Gasteiger charge is -2.10. The van der Waals surface area contributed by atoms with Crippen LogP contribution in [-0.4, -0.2) is 0 Å². The lowest BCUT2D eigenvalue weighted by atomic mass is 9.96. The third kappa shape index (κ3) is 22.0. The Hall–Kier alpha value is -0.260. The maximum absolute atomic E-state index is 2.46. The second-order valence-electron chi connectivity index (χ2n) is 9.67. The first kappa shape index (κ1) is 27.7. The van der Waals surface area contributed by atoms with Gasteiger partial charge < -0.3 is 0 Å². The number of allylic oxidation sites excluding steroid dienone is 2. The molecule has 0 aliphatic carbocycles. The van der Waals surface area contributed by atoms with E-state index in [2.05, 4.69) is 39.8 Å². The van der Waals surface area contributed by atoms with Gasteiger partial charge in [-0.3, -0.25) is 0 Å². The predicted octanol–water partition coefficient (Wildman–Crippen LogP) is 10.7. The Bertz CT molecular complexity index is 303. The number of hydrogen-bond acceptors (Lipinski definition) is 0. The van der Waals surface area contributed by atoms with Gasteiger partial charge in [0.05, 0.1) is 0 Å². The Labute approximate surface area is 180 Å². The van der Waals surface area contributed by atoms with Gasteiger partial charge in [-0.1, -0.05) is 149 Å². The Balaban J connectivity index is 3.32. The molecule has 0 N–H and O–H groups in total. The van der Waals surface area contributed by atoms with Crippen molar-refractivity contribution in [1.82, 2.24) is 0 Å². The van der Waals surface area contributed by atoms with Crippen LogP contribution in [0.5, 0.6) is 0 Å². The van der Waals surface area contributed by atoms with E-state index in [1.165, 1.54) is 128 Å². The highest BCUT2D eigenvalue weighted by Crippen LogP contribution is 2.18. The molecule has 0 saturated heterocycles. The van der Waals surface area contributed by atoms with Crippen LogP contribution in [0, 0.1) is 11.8 Å². The SMILES string of the molecule is CCCCCCCCCC(C)CC=CCCCCCCC(C)CCCCCC. The van der Waals surface area contributed by atoms with Crippen LogP contribution in [0.15, 0.2) is 12.2 Å². The highest BCUT2D eigenvalue weighted by molar-refractivity contribution is 4.83. The van der Waals surface area contributed by atoms with Crippen LogP contribution in [0.3, 0.4) is 0 Å². The molecule has 0 heteroatoms. The van der Waals surface area contributed by atoms with Crippen LogP contribution in [-0.2, 0) is 0 Å². The summed E-state index contributed by atoms with van der Waals surface area (Å²) in [6, 6.07) is 0. The van der Waals surface area contributed by atoms with Gasteiger partial charge in [0.1, 0.15) is 0 Å². The molecule has 0 saturated carbocycles. The molecule has 0 aromatic heterocycles.